The Morgan fingerprint density at radius 1 is 1.52 bits per heavy atom. The molecule has 1 aliphatic carbocycles. The molecule has 1 aromatic rings. The minimum atomic E-state index is -0.315. The van der Waals surface area contributed by atoms with Gasteiger partial charge in [-0.2, -0.15) is 0 Å². The highest BCUT2D eigenvalue weighted by atomic mass is 19.1. The lowest BCUT2D eigenvalue weighted by molar-refractivity contribution is 0.285. The maximum absolute atomic E-state index is 14.2. The number of aliphatic imine (C=N–C) groups is 1. The molecule has 1 atom stereocenters. The van der Waals surface area contributed by atoms with E-state index < -0.39 is 0 Å². The molecular weight excluding hydrogens is 293 g/mol. The molecule has 0 amide bonds. The zero-order valence-corrected chi connectivity index (χ0v) is 13.9. The van der Waals surface area contributed by atoms with Gasteiger partial charge in [0.05, 0.1) is 19.2 Å². The van der Waals surface area contributed by atoms with Crippen LogP contribution in [0.2, 0.25) is 0 Å². The smallest absolute Gasteiger partial charge is 0.192 e. The number of ether oxygens (including phenoxy) is 1. The molecule has 0 spiro atoms. The van der Waals surface area contributed by atoms with Crippen LogP contribution >= 0.6 is 0 Å². The van der Waals surface area contributed by atoms with Crippen molar-refractivity contribution < 1.29 is 9.13 Å². The van der Waals surface area contributed by atoms with Crippen LogP contribution in [0.25, 0.3) is 0 Å². The second kappa shape index (κ2) is 8.56. The molecule has 0 bridgehead atoms. The van der Waals surface area contributed by atoms with Gasteiger partial charge in [0.25, 0.3) is 0 Å². The van der Waals surface area contributed by atoms with E-state index in [0.29, 0.717) is 30.8 Å². The average Bonchev–Trinajstić information content (AvgIpc) is 3.35. The van der Waals surface area contributed by atoms with Crippen molar-refractivity contribution in [3.8, 4) is 5.75 Å². The van der Waals surface area contributed by atoms with Crippen LogP contribution in [-0.2, 0) is 0 Å². The van der Waals surface area contributed by atoms with Crippen LogP contribution in [0, 0.1) is 11.7 Å². The van der Waals surface area contributed by atoms with E-state index >= 15 is 0 Å². The first kappa shape index (κ1) is 17.3. The van der Waals surface area contributed by atoms with Gasteiger partial charge >= 0.3 is 0 Å². The van der Waals surface area contributed by atoms with Crippen LogP contribution in [0.4, 0.5) is 4.39 Å². The van der Waals surface area contributed by atoms with Crippen molar-refractivity contribution in [2.75, 3.05) is 19.7 Å². The summed E-state index contributed by atoms with van der Waals surface area (Å²) < 4.78 is 19.7. The third kappa shape index (κ3) is 5.58. The molecular formula is C18H26FN3O. The van der Waals surface area contributed by atoms with Crippen LogP contribution in [-0.4, -0.2) is 25.7 Å². The Morgan fingerprint density at radius 3 is 2.91 bits per heavy atom. The number of hydrogen-bond donors (Lipinski definition) is 2. The van der Waals surface area contributed by atoms with E-state index in [-0.39, 0.29) is 11.9 Å². The SMILES string of the molecule is C=CCN=C(NCC)NC(C)c1ccc(OCC2CC2)c(F)c1. The fourth-order valence-electron chi connectivity index (χ4n) is 2.16. The second-order valence-electron chi connectivity index (χ2n) is 5.82. The van der Waals surface area contributed by atoms with Crippen molar-refractivity contribution in [3.05, 3.63) is 42.2 Å². The highest BCUT2D eigenvalue weighted by molar-refractivity contribution is 5.80. The third-order valence-corrected chi connectivity index (χ3v) is 3.70. The zero-order chi connectivity index (χ0) is 16.7. The number of rotatable bonds is 8. The van der Waals surface area contributed by atoms with Crippen molar-refractivity contribution >= 4 is 5.96 Å². The summed E-state index contributed by atoms with van der Waals surface area (Å²) >= 11 is 0. The van der Waals surface area contributed by atoms with Crippen molar-refractivity contribution in [1.82, 2.24) is 10.6 Å². The van der Waals surface area contributed by atoms with Crippen molar-refractivity contribution in [2.24, 2.45) is 10.9 Å². The van der Waals surface area contributed by atoms with Crippen LogP contribution in [0.3, 0.4) is 0 Å². The van der Waals surface area contributed by atoms with E-state index in [0.717, 1.165) is 12.1 Å². The number of halogens is 1. The molecule has 1 saturated carbocycles. The summed E-state index contributed by atoms with van der Waals surface area (Å²) in [5.74, 6) is 1.32. The first-order valence-electron chi connectivity index (χ1n) is 8.22. The molecule has 0 radical (unpaired) electrons. The Kier molecular flexibility index (Phi) is 6.44. The molecule has 5 heteroatoms. The van der Waals surface area contributed by atoms with E-state index in [9.17, 15) is 4.39 Å². The van der Waals surface area contributed by atoms with Gasteiger partial charge in [0.15, 0.2) is 17.5 Å². The summed E-state index contributed by atoms with van der Waals surface area (Å²) in [7, 11) is 0. The Bertz CT molecular complexity index is 555. The largest absolute Gasteiger partial charge is 0.490 e. The molecule has 1 aliphatic rings. The fraction of sp³-hybridized carbons (Fsp3) is 0.500. The van der Waals surface area contributed by atoms with E-state index in [4.69, 9.17) is 4.74 Å². The van der Waals surface area contributed by atoms with Gasteiger partial charge in [-0.1, -0.05) is 12.1 Å². The standard InChI is InChI=1S/C18H26FN3O/c1-4-10-21-18(20-5-2)22-13(3)15-8-9-17(16(19)11-15)23-12-14-6-7-14/h4,8-9,11,13-14H,1,5-7,10,12H2,2-3H3,(H2,20,21,22). The average molecular weight is 319 g/mol. The maximum atomic E-state index is 14.2. The molecule has 2 rings (SSSR count). The van der Waals surface area contributed by atoms with Gasteiger partial charge in [-0.3, -0.25) is 0 Å². The normalized spacial score (nSPS) is 15.9. The van der Waals surface area contributed by atoms with Crippen molar-refractivity contribution in [2.45, 2.75) is 32.7 Å². The van der Waals surface area contributed by atoms with E-state index in [1.165, 1.54) is 18.9 Å². The van der Waals surface area contributed by atoms with Gasteiger partial charge in [0.2, 0.25) is 0 Å². The number of nitrogens with one attached hydrogen (secondary N) is 2. The lowest BCUT2D eigenvalue weighted by Crippen LogP contribution is -2.38. The Morgan fingerprint density at radius 2 is 2.30 bits per heavy atom. The molecule has 1 aromatic carbocycles. The Hall–Kier alpha value is -2.04. The Labute approximate surface area is 137 Å². The van der Waals surface area contributed by atoms with Crippen LogP contribution in [0.1, 0.15) is 38.3 Å². The van der Waals surface area contributed by atoms with Crippen molar-refractivity contribution in [1.29, 1.82) is 0 Å². The van der Waals surface area contributed by atoms with E-state index in [1.807, 2.05) is 19.9 Å². The molecule has 4 nitrogen and oxygen atoms in total. The Balaban J connectivity index is 1.98. The molecule has 1 fully saturated rings. The zero-order valence-electron chi connectivity index (χ0n) is 13.9. The van der Waals surface area contributed by atoms with Crippen molar-refractivity contribution in [3.63, 3.8) is 0 Å². The topological polar surface area (TPSA) is 45.7 Å². The van der Waals surface area contributed by atoms with Gasteiger partial charge in [0, 0.05) is 6.54 Å². The molecule has 23 heavy (non-hydrogen) atoms. The highest BCUT2D eigenvalue weighted by Crippen LogP contribution is 2.30. The summed E-state index contributed by atoms with van der Waals surface area (Å²) in [6, 6.07) is 5.06. The minimum absolute atomic E-state index is 0.0652. The number of guanidine groups is 1. The van der Waals surface area contributed by atoms with Crippen LogP contribution in [0.5, 0.6) is 5.75 Å². The second-order valence-corrected chi connectivity index (χ2v) is 5.82. The molecule has 0 aliphatic heterocycles. The predicted molar refractivity (Wildman–Crippen MR) is 92.3 cm³/mol. The fourth-order valence-corrected chi connectivity index (χ4v) is 2.16. The first-order valence-corrected chi connectivity index (χ1v) is 8.22. The highest BCUT2D eigenvalue weighted by Gasteiger charge is 2.22. The van der Waals surface area contributed by atoms with Gasteiger partial charge in [0.1, 0.15) is 0 Å². The summed E-state index contributed by atoms with van der Waals surface area (Å²) in [5, 5.41) is 6.42. The first-order chi connectivity index (χ1) is 11.1. The van der Waals surface area contributed by atoms with Gasteiger partial charge in [-0.15, -0.1) is 6.58 Å². The molecule has 1 unspecified atom stereocenters. The predicted octanol–water partition coefficient (Wildman–Crippen LogP) is 3.42. The quantitative estimate of drug-likeness (QED) is 0.438. The summed E-state index contributed by atoms with van der Waals surface area (Å²) in [5.41, 5.74) is 0.852. The van der Waals surface area contributed by atoms with Gasteiger partial charge in [-0.25, -0.2) is 9.38 Å². The lowest BCUT2D eigenvalue weighted by Gasteiger charge is -2.18. The van der Waals surface area contributed by atoms with Crippen LogP contribution < -0.4 is 15.4 Å². The van der Waals surface area contributed by atoms with Gasteiger partial charge in [-0.05, 0) is 50.3 Å². The van der Waals surface area contributed by atoms with E-state index in [1.54, 1.807) is 12.1 Å². The molecule has 126 valence electrons. The molecule has 0 heterocycles. The number of hydrogen-bond acceptors (Lipinski definition) is 2. The molecule has 2 N–H and O–H groups in total. The number of nitrogens with zero attached hydrogens (tertiary/aromatic N) is 1. The molecule has 0 aromatic heterocycles. The monoisotopic (exact) mass is 319 g/mol. The van der Waals surface area contributed by atoms with E-state index in [2.05, 4.69) is 22.2 Å². The number of benzene rings is 1. The maximum Gasteiger partial charge on any atom is 0.192 e. The lowest BCUT2D eigenvalue weighted by atomic mass is 10.1. The summed E-state index contributed by atoms with van der Waals surface area (Å²) in [6.45, 7) is 9.54. The minimum Gasteiger partial charge on any atom is -0.490 e. The van der Waals surface area contributed by atoms with Crippen LogP contribution in [0.15, 0.2) is 35.8 Å². The third-order valence-electron chi connectivity index (χ3n) is 3.70. The molecule has 0 saturated heterocycles. The summed E-state index contributed by atoms with van der Waals surface area (Å²) in [4.78, 5) is 4.35. The van der Waals surface area contributed by atoms with Gasteiger partial charge < -0.3 is 15.4 Å². The summed E-state index contributed by atoms with van der Waals surface area (Å²) in [6.07, 6.45) is 4.12.